The molecule has 1 aromatic heterocycles. The number of ketones is 2. The van der Waals surface area contributed by atoms with Gasteiger partial charge in [0.05, 0.1) is 5.69 Å². The van der Waals surface area contributed by atoms with Crippen molar-refractivity contribution in [2.24, 2.45) is 0 Å². The van der Waals surface area contributed by atoms with Crippen molar-refractivity contribution >= 4 is 17.4 Å². The lowest BCUT2D eigenvalue weighted by atomic mass is 9.85. The third-order valence-corrected chi connectivity index (χ3v) is 7.14. The monoisotopic (exact) mass is 454 g/mol. The van der Waals surface area contributed by atoms with Crippen molar-refractivity contribution in [3.8, 4) is 0 Å². The third-order valence-electron chi connectivity index (χ3n) is 7.14. The Kier molecular flexibility index (Phi) is 5.80. The van der Waals surface area contributed by atoms with Gasteiger partial charge in [0.15, 0.2) is 17.1 Å². The first-order valence-electron chi connectivity index (χ1n) is 11.8. The Morgan fingerprint density at radius 2 is 1.44 bits per heavy atom. The molecule has 6 heteroatoms. The van der Waals surface area contributed by atoms with Crippen molar-refractivity contribution < 1.29 is 9.59 Å². The maximum atomic E-state index is 14.0. The standard InChI is InChI=1S/C28H30N4O2/c1-20-9-4-5-10-21(20)19-31-15-17-32(18-16-31)28(24-13-8-14-25(29-24)30(2)3)26(33)22-11-6-7-12-23(22)27(28)34/h4-14H,15-19H2,1-3H3. The number of Topliss-reactive ketones (excluding diaryl/α,β-unsaturated/α-hetero) is 2. The van der Waals surface area contributed by atoms with E-state index in [2.05, 4.69) is 41.0 Å². The summed E-state index contributed by atoms with van der Waals surface area (Å²) in [7, 11) is 3.83. The van der Waals surface area contributed by atoms with Gasteiger partial charge >= 0.3 is 0 Å². The second-order valence-electron chi connectivity index (χ2n) is 9.38. The van der Waals surface area contributed by atoms with Crippen molar-refractivity contribution in [1.82, 2.24) is 14.8 Å². The zero-order valence-corrected chi connectivity index (χ0v) is 20.0. The molecule has 2 heterocycles. The van der Waals surface area contributed by atoms with E-state index in [4.69, 9.17) is 4.98 Å². The number of aryl methyl sites for hydroxylation is 1. The predicted molar refractivity (Wildman–Crippen MR) is 133 cm³/mol. The van der Waals surface area contributed by atoms with Gasteiger partial charge in [-0.25, -0.2) is 4.98 Å². The van der Waals surface area contributed by atoms with E-state index in [9.17, 15) is 9.59 Å². The van der Waals surface area contributed by atoms with Crippen molar-refractivity contribution in [2.45, 2.75) is 19.0 Å². The molecule has 1 aliphatic carbocycles. The highest BCUT2D eigenvalue weighted by Crippen LogP contribution is 2.42. The number of rotatable bonds is 5. The van der Waals surface area contributed by atoms with Crippen LogP contribution in [0.25, 0.3) is 0 Å². The zero-order chi connectivity index (χ0) is 23.9. The summed E-state index contributed by atoms with van der Waals surface area (Å²) in [6.07, 6.45) is 0. The second-order valence-corrected chi connectivity index (χ2v) is 9.38. The van der Waals surface area contributed by atoms with Gasteiger partial charge in [0.1, 0.15) is 5.82 Å². The first-order chi connectivity index (χ1) is 16.4. The van der Waals surface area contributed by atoms with Gasteiger partial charge in [-0.3, -0.25) is 19.4 Å². The normalized spacial score (nSPS) is 18.2. The van der Waals surface area contributed by atoms with Gasteiger partial charge in [0, 0.05) is 57.9 Å². The number of aromatic nitrogens is 1. The summed E-state index contributed by atoms with van der Waals surface area (Å²) in [5.74, 6) is 0.402. The van der Waals surface area contributed by atoms with Crippen LogP contribution in [-0.4, -0.2) is 66.6 Å². The molecule has 34 heavy (non-hydrogen) atoms. The molecule has 1 fully saturated rings. The SMILES string of the molecule is Cc1ccccc1CN1CCN(C2(c3cccc(N(C)C)n3)C(=O)c3ccccc3C2=O)CC1. The number of hydrogen-bond acceptors (Lipinski definition) is 6. The van der Waals surface area contributed by atoms with Crippen LogP contribution in [0.5, 0.6) is 0 Å². The lowest BCUT2D eigenvalue weighted by molar-refractivity contribution is 0.0267. The van der Waals surface area contributed by atoms with Crippen LogP contribution in [0.3, 0.4) is 0 Å². The lowest BCUT2D eigenvalue weighted by Crippen LogP contribution is -2.60. The second kappa shape index (κ2) is 8.78. The van der Waals surface area contributed by atoms with E-state index in [0.29, 0.717) is 29.9 Å². The summed E-state index contributed by atoms with van der Waals surface area (Å²) in [5.41, 5.74) is 2.68. The molecule has 0 atom stereocenters. The van der Waals surface area contributed by atoms with E-state index in [1.54, 1.807) is 12.1 Å². The fourth-order valence-electron chi connectivity index (χ4n) is 5.20. The smallest absolute Gasteiger partial charge is 0.198 e. The van der Waals surface area contributed by atoms with E-state index >= 15 is 0 Å². The van der Waals surface area contributed by atoms with Crippen molar-refractivity contribution in [2.75, 3.05) is 45.2 Å². The minimum Gasteiger partial charge on any atom is -0.363 e. The van der Waals surface area contributed by atoms with Crippen molar-refractivity contribution in [1.29, 1.82) is 0 Å². The highest BCUT2D eigenvalue weighted by molar-refractivity contribution is 6.32. The van der Waals surface area contributed by atoms with Crippen LogP contribution in [-0.2, 0) is 12.1 Å². The summed E-state index contributed by atoms with van der Waals surface area (Å²) in [6.45, 7) is 5.79. The molecule has 6 nitrogen and oxygen atoms in total. The van der Waals surface area contributed by atoms with Crippen LogP contribution < -0.4 is 4.90 Å². The zero-order valence-electron chi connectivity index (χ0n) is 20.0. The number of piperazine rings is 1. The number of carbonyl (C=O) groups excluding carboxylic acids is 2. The quantitative estimate of drug-likeness (QED) is 0.550. The van der Waals surface area contributed by atoms with Crippen LogP contribution in [0.1, 0.15) is 37.5 Å². The molecule has 0 bridgehead atoms. The minimum atomic E-state index is -1.41. The van der Waals surface area contributed by atoms with Crippen molar-refractivity contribution in [3.05, 3.63) is 94.7 Å². The fourth-order valence-corrected chi connectivity index (χ4v) is 5.20. The summed E-state index contributed by atoms with van der Waals surface area (Å²) < 4.78 is 0. The van der Waals surface area contributed by atoms with Gasteiger partial charge in [0.2, 0.25) is 0 Å². The molecule has 0 spiro atoms. The lowest BCUT2D eigenvalue weighted by Gasteiger charge is -2.43. The Hall–Kier alpha value is -3.35. The van der Waals surface area contributed by atoms with Crippen LogP contribution in [0.2, 0.25) is 0 Å². The molecule has 5 rings (SSSR count). The molecule has 1 aliphatic heterocycles. The van der Waals surface area contributed by atoms with Gasteiger partial charge in [-0.15, -0.1) is 0 Å². The Morgan fingerprint density at radius 1 is 0.824 bits per heavy atom. The molecule has 0 radical (unpaired) electrons. The Balaban J connectivity index is 1.50. The highest BCUT2D eigenvalue weighted by atomic mass is 16.2. The maximum absolute atomic E-state index is 14.0. The summed E-state index contributed by atoms with van der Waals surface area (Å²) in [5, 5.41) is 0. The van der Waals surface area contributed by atoms with Gasteiger partial charge in [-0.05, 0) is 30.2 Å². The molecule has 0 saturated carbocycles. The Bertz CT molecular complexity index is 1210. The molecule has 174 valence electrons. The number of anilines is 1. The van der Waals surface area contributed by atoms with Gasteiger partial charge in [-0.2, -0.15) is 0 Å². The van der Waals surface area contributed by atoms with E-state index in [1.807, 2.05) is 49.3 Å². The van der Waals surface area contributed by atoms with Crippen LogP contribution >= 0.6 is 0 Å². The molecule has 0 N–H and O–H groups in total. The number of pyridine rings is 1. The number of nitrogens with zero attached hydrogens (tertiary/aromatic N) is 4. The average molecular weight is 455 g/mol. The molecule has 1 saturated heterocycles. The maximum Gasteiger partial charge on any atom is 0.198 e. The fraction of sp³-hybridized carbons (Fsp3) is 0.321. The summed E-state index contributed by atoms with van der Waals surface area (Å²) >= 11 is 0. The van der Waals surface area contributed by atoms with E-state index in [0.717, 1.165) is 25.5 Å². The molecule has 2 aromatic carbocycles. The summed E-state index contributed by atoms with van der Waals surface area (Å²) in [6, 6.07) is 21.2. The van der Waals surface area contributed by atoms with Gasteiger partial charge in [-0.1, -0.05) is 54.6 Å². The summed E-state index contributed by atoms with van der Waals surface area (Å²) in [4.78, 5) is 39.2. The van der Waals surface area contributed by atoms with Crippen molar-refractivity contribution in [3.63, 3.8) is 0 Å². The van der Waals surface area contributed by atoms with Crippen LogP contribution in [0.15, 0.2) is 66.7 Å². The predicted octanol–water partition coefficient (Wildman–Crippen LogP) is 3.55. The van der Waals surface area contributed by atoms with Crippen LogP contribution in [0, 0.1) is 6.92 Å². The topological polar surface area (TPSA) is 56.8 Å². The average Bonchev–Trinajstić information content (AvgIpc) is 3.09. The minimum absolute atomic E-state index is 0.163. The number of hydrogen-bond donors (Lipinski definition) is 0. The third kappa shape index (κ3) is 3.54. The molecule has 0 unspecified atom stereocenters. The van der Waals surface area contributed by atoms with E-state index < -0.39 is 5.54 Å². The molecule has 2 aliphatic rings. The molecule has 3 aromatic rings. The first-order valence-corrected chi connectivity index (χ1v) is 11.8. The van der Waals surface area contributed by atoms with Gasteiger partial charge < -0.3 is 4.90 Å². The number of fused-ring (bicyclic) bond motifs is 1. The van der Waals surface area contributed by atoms with E-state index in [-0.39, 0.29) is 11.6 Å². The highest BCUT2D eigenvalue weighted by Gasteiger charge is 2.59. The largest absolute Gasteiger partial charge is 0.363 e. The van der Waals surface area contributed by atoms with E-state index in [1.165, 1.54) is 11.1 Å². The van der Waals surface area contributed by atoms with Crippen LogP contribution in [0.4, 0.5) is 5.82 Å². The molecular formula is C28H30N4O2. The Morgan fingerprint density at radius 3 is 2.06 bits per heavy atom. The van der Waals surface area contributed by atoms with Gasteiger partial charge in [0.25, 0.3) is 0 Å². The molecule has 0 amide bonds. The Labute approximate surface area is 200 Å². The first kappa shape index (κ1) is 22.4. The number of benzene rings is 2. The number of carbonyl (C=O) groups is 2. The molecular weight excluding hydrogens is 424 g/mol.